The molecule has 2 N–H and O–H groups in total. The lowest BCUT2D eigenvalue weighted by atomic mass is 10.00. The van der Waals surface area contributed by atoms with Crippen molar-refractivity contribution in [2.75, 3.05) is 34.2 Å². The molecule has 0 amide bonds. The highest BCUT2D eigenvalue weighted by Crippen LogP contribution is 2.42. The van der Waals surface area contributed by atoms with E-state index in [1.54, 1.807) is 34.6 Å². The lowest BCUT2D eigenvalue weighted by Gasteiger charge is -2.15. The van der Waals surface area contributed by atoms with Crippen molar-refractivity contribution in [2.45, 2.75) is 0 Å². The molecule has 0 aliphatic carbocycles. The number of rotatable bonds is 6. The molecule has 0 atom stereocenters. The van der Waals surface area contributed by atoms with Crippen LogP contribution in [0.1, 0.15) is 0 Å². The molecule has 1 heterocycles. The van der Waals surface area contributed by atoms with E-state index in [2.05, 4.69) is 4.98 Å². The topological polar surface area (TPSA) is 75.8 Å². The monoisotopic (exact) mass is 366 g/mol. The van der Waals surface area contributed by atoms with Crippen LogP contribution in [0.25, 0.3) is 22.3 Å². The van der Waals surface area contributed by atoms with E-state index in [4.69, 9.17) is 24.7 Å². The van der Waals surface area contributed by atoms with Gasteiger partial charge in [0.2, 0.25) is 5.75 Å². The van der Waals surface area contributed by atoms with Crippen molar-refractivity contribution in [3.05, 3.63) is 48.7 Å². The molecule has 140 valence electrons. The summed E-state index contributed by atoms with van der Waals surface area (Å²) in [5.74, 6) is 2.86. The Kier molecular flexibility index (Phi) is 5.35. The number of pyridine rings is 1. The number of nitrogens with two attached hydrogens (primary N) is 1. The van der Waals surface area contributed by atoms with E-state index in [0.717, 1.165) is 28.0 Å². The van der Waals surface area contributed by atoms with Crippen LogP contribution in [0.15, 0.2) is 48.7 Å². The van der Waals surface area contributed by atoms with Crippen molar-refractivity contribution in [3.63, 3.8) is 0 Å². The van der Waals surface area contributed by atoms with Gasteiger partial charge in [-0.15, -0.1) is 0 Å². The van der Waals surface area contributed by atoms with E-state index >= 15 is 0 Å². The number of ether oxygens (including phenoxy) is 4. The molecule has 3 aromatic rings. The summed E-state index contributed by atoms with van der Waals surface area (Å²) in [5, 5.41) is 0. The Balaban J connectivity index is 2.11. The highest BCUT2D eigenvalue weighted by molar-refractivity contribution is 5.81. The van der Waals surface area contributed by atoms with Crippen LogP contribution in [-0.2, 0) is 0 Å². The van der Waals surface area contributed by atoms with Gasteiger partial charge in [-0.25, -0.2) is 4.98 Å². The van der Waals surface area contributed by atoms with E-state index in [9.17, 15) is 0 Å². The van der Waals surface area contributed by atoms with E-state index in [1.807, 2.05) is 42.5 Å². The van der Waals surface area contributed by atoms with Crippen molar-refractivity contribution in [1.29, 1.82) is 0 Å². The fourth-order valence-electron chi connectivity index (χ4n) is 2.88. The third kappa shape index (κ3) is 3.60. The molecule has 0 fully saturated rings. The van der Waals surface area contributed by atoms with Gasteiger partial charge in [-0.1, -0.05) is 12.1 Å². The van der Waals surface area contributed by atoms with Gasteiger partial charge in [-0.05, 0) is 41.5 Å². The van der Waals surface area contributed by atoms with Gasteiger partial charge in [0.05, 0.1) is 28.4 Å². The van der Waals surface area contributed by atoms with Crippen LogP contribution in [0.2, 0.25) is 0 Å². The molecule has 0 saturated carbocycles. The predicted octanol–water partition coefficient (Wildman–Crippen LogP) is 4.03. The van der Waals surface area contributed by atoms with E-state index in [-0.39, 0.29) is 0 Å². The maximum absolute atomic E-state index is 6.15. The Morgan fingerprint density at radius 3 is 1.85 bits per heavy atom. The molecular formula is C21H22N2O4. The summed E-state index contributed by atoms with van der Waals surface area (Å²) < 4.78 is 21.5. The minimum Gasteiger partial charge on any atom is -0.497 e. The Bertz CT molecular complexity index is 914. The van der Waals surface area contributed by atoms with Crippen LogP contribution in [-0.4, -0.2) is 33.4 Å². The molecule has 0 aliphatic rings. The van der Waals surface area contributed by atoms with Crippen LogP contribution < -0.4 is 24.7 Å². The summed E-state index contributed by atoms with van der Waals surface area (Å²) in [6, 6.07) is 13.5. The molecule has 27 heavy (non-hydrogen) atoms. The van der Waals surface area contributed by atoms with Gasteiger partial charge in [0.25, 0.3) is 0 Å². The van der Waals surface area contributed by atoms with Crippen molar-refractivity contribution in [2.24, 2.45) is 0 Å². The molecule has 0 aliphatic heterocycles. The molecule has 3 rings (SSSR count). The summed E-state index contributed by atoms with van der Waals surface area (Å²) in [5.41, 5.74) is 9.71. The SMILES string of the molecule is COc1ccc(-c2cnc(N)c(-c3cc(OC)c(OC)c(OC)c3)c2)cc1. The molecule has 0 saturated heterocycles. The first-order chi connectivity index (χ1) is 13.1. The third-order valence-corrected chi connectivity index (χ3v) is 4.32. The highest BCUT2D eigenvalue weighted by atomic mass is 16.5. The summed E-state index contributed by atoms with van der Waals surface area (Å²) in [4.78, 5) is 4.36. The Labute approximate surface area is 158 Å². The normalized spacial score (nSPS) is 10.4. The van der Waals surface area contributed by atoms with Gasteiger partial charge in [-0.2, -0.15) is 0 Å². The number of methoxy groups -OCH3 is 4. The van der Waals surface area contributed by atoms with Crippen molar-refractivity contribution in [1.82, 2.24) is 4.98 Å². The first-order valence-electron chi connectivity index (χ1n) is 8.31. The Hall–Kier alpha value is -3.41. The van der Waals surface area contributed by atoms with E-state index in [1.165, 1.54) is 0 Å². The molecule has 6 heteroatoms. The van der Waals surface area contributed by atoms with Gasteiger partial charge in [-0.3, -0.25) is 0 Å². The van der Waals surface area contributed by atoms with Crippen LogP contribution in [0.4, 0.5) is 5.82 Å². The third-order valence-electron chi connectivity index (χ3n) is 4.32. The first kappa shape index (κ1) is 18.4. The molecule has 6 nitrogen and oxygen atoms in total. The van der Waals surface area contributed by atoms with E-state index in [0.29, 0.717) is 23.1 Å². The Morgan fingerprint density at radius 1 is 0.704 bits per heavy atom. The maximum Gasteiger partial charge on any atom is 0.203 e. The number of aromatic nitrogens is 1. The molecule has 0 bridgehead atoms. The number of nitrogens with zero attached hydrogens (tertiary/aromatic N) is 1. The highest BCUT2D eigenvalue weighted by Gasteiger charge is 2.16. The lowest BCUT2D eigenvalue weighted by Crippen LogP contribution is -1.98. The number of hydrogen-bond acceptors (Lipinski definition) is 6. The zero-order valence-corrected chi connectivity index (χ0v) is 15.8. The van der Waals surface area contributed by atoms with E-state index < -0.39 is 0 Å². The van der Waals surface area contributed by atoms with Gasteiger partial charge in [0, 0.05) is 17.3 Å². The average Bonchev–Trinajstić information content (AvgIpc) is 2.73. The van der Waals surface area contributed by atoms with Gasteiger partial charge < -0.3 is 24.7 Å². The zero-order chi connectivity index (χ0) is 19.4. The summed E-state index contributed by atoms with van der Waals surface area (Å²) in [7, 11) is 6.37. The quantitative estimate of drug-likeness (QED) is 0.710. The summed E-state index contributed by atoms with van der Waals surface area (Å²) in [6.07, 6.45) is 1.75. The molecule has 2 aromatic carbocycles. The number of hydrogen-bond donors (Lipinski definition) is 1. The second-order valence-corrected chi connectivity index (χ2v) is 5.80. The van der Waals surface area contributed by atoms with Gasteiger partial charge in [0.1, 0.15) is 11.6 Å². The van der Waals surface area contributed by atoms with Crippen molar-refractivity contribution in [3.8, 4) is 45.3 Å². The summed E-state index contributed by atoms with van der Waals surface area (Å²) in [6.45, 7) is 0. The minimum atomic E-state index is 0.418. The number of benzene rings is 2. The zero-order valence-electron chi connectivity index (χ0n) is 15.8. The standard InChI is InChI=1S/C21H22N2O4/c1-24-16-7-5-13(6-8-16)15-9-17(21(22)23-12-15)14-10-18(25-2)20(27-4)19(11-14)26-3/h5-12H,1-4H3,(H2,22,23). The van der Waals surface area contributed by atoms with Crippen LogP contribution in [0.3, 0.4) is 0 Å². The van der Waals surface area contributed by atoms with Crippen LogP contribution >= 0.6 is 0 Å². The van der Waals surface area contributed by atoms with Crippen molar-refractivity contribution < 1.29 is 18.9 Å². The Morgan fingerprint density at radius 2 is 1.33 bits per heavy atom. The second-order valence-electron chi connectivity index (χ2n) is 5.80. The molecule has 0 spiro atoms. The molecular weight excluding hydrogens is 344 g/mol. The lowest BCUT2D eigenvalue weighted by molar-refractivity contribution is 0.324. The fourth-order valence-corrected chi connectivity index (χ4v) is 2.88. The minimum absolute atomic E-state index is 0.418. The maximum atomic E-state index is 6.15. The predicted molar refractivity (Wildman–Crippen MR) is 106 cm³/mol. The van der Waals surface area contributed by atoms with Crippen LogP contribution in [0.5, 0.6) is 23.0 Å². The fraction of sp³-hybridized carbons (Fsp3) is 0.190. The second kappa shape index (κ2) is 7.86. The first-order valence-corrected chi connectivity index (χ1v) is 8.31. The largest absolute Gasteiger partial charge is 0.497 e. The molecule has 0 radical (unpaired) electrons. The number of anilines is 1. The average molecular weight is 366 g/mol. The molecule has 1 aromatic heterocycles. The smallest absolute Gasteiger partial charge is 0.203 e. The molecule has 0 unspecified atom stereocenters. The van der Waals surface area contributed by atoms with Crippen LogP contribution in [0, 0.1) is 0 Å². The van der Waals surface area contributed by atoms with Gasteiger partial charge in [0.15, 0.2) is 11.5 Å². The summed E-state index contributed by atoms with van der Waals surface area (Å²) >= 11 is 0. The number of nitrogen functional groups attached to an aromatic ring is 1. The van der Waals surface area contributed by atoms with Gasteiger partial charge >= 0.3 is 0 Å². The van der Waals surface area contributed by atoms with Crippen molar-refractivity contribution >= 4 is 5.82 Å².